The number of carbonyl (C=O) groups excluding carboxylic acids is 2. The zero-order chi connectivity index (χ0) is 23.4. The molecule has 170 valence electrons. The summed E-state index contributed by atoms with van der Waals surface area (Å²) < 4.78 is 34.8. The maximum absolute atomic E-state index is 14.7. The van der Waals surface area contributed by atoms with Crippen molar-refractivity contribution in [1.29, 1.82) is 0 Å². The van der Waals surface area contributed by atoms with Crippen LogP contribution in [-0.4, -0.2) is 40.3 Å². The Morgan fingerprint density at radius 2 is 2.00 bits per heavy atom. The summed E-state index contributed by atoms with van der Waals surface area (Å²) >= 11 is 0. The zero-order valence-corrected chi connectivity index (χ0v) is 17.8. The van der Waals surface area contributed by atoms with Gasteiger partial charge in [0.05, 0.1) is 36.9 Å². The lowest BCUT2D eigenvalue weighted by Gasteiger charge is -2.15. The Labute approximate surface area is 181 Å². The summed E-state index contributed by atoms with van der Waals surface area (Å²) in [4.78, 5) is 33.0. The van der Waals surface area contributed by atoms with Crippen LogP contribution in [0.3, 0.4) is 0 Å². The first kappa shape index (κ1) is 22.9. The Bertz CT molecular complexity index is 1160. The van der Waals surface area contributed by atoms with Gasteiger partial charge in [-0.25, -0.2) is 28.6 Å². The van der Waals surface area contributed by atoms with Gasteiger partial charge >= 0.3 is 6.09 Å². The Hall–Kier alpha value is -3.80. The molecule has 0 spiro atoms. The van der Waals surface area contributed by atoms with E-state index in [9.17, 15) is 18.4 Å². The molecule has 2 amide bonds. The quantitative estimate of drug-likeness (QED) is 0.471. The van der Waals surface area contributed by atoms with E-state index >= 15 is 0 Å². The predicted molar refractivity (Wildman–Crippen MR) is 112 cm³/mol. The number of hydrogen-bond donors (Lipinski definition) is 3. The number of ether oxygens (including phenoxy) is 1. The van der Waals surface area contributed by atoms with Crippen molar-refractivity contribution in [3.05, 3.63) is 47.4 Å². The number of halogens is 2. The van der Waals surface area contributed by atoms with E-state index < -0.39 is 23.6 Å². The molecule has 1 aromatic carbocycles. The van der Waals surface area contributed by atoms with Gasteiger partial charge in [0.2, 0.25) is 0 Å². The van der Waals surface area contributed by atoms with Gasteiger partial charge in [-0.05, 0) is 18.9 Å². The number of fused-ring (bicyclic) bond motifs is 1. The van der Waals surface area contributed by atoms with Crippen molar-refractivity contribution >= 4 is 34.7 Å². The van der Waals surface area contributed by atoms with Crippen LogP contribution in [0.4, 0.5) is 30.8 Å². The minimum Gasteiger partial charge on any atom is -0.450 e. The van der Waals surface area contributed by atoms with Gasteiger partial charge in [-0.2, -0.15) is 5.10 Å². The third-order valence-corrected chi connectivity index (χ3v) is 4.44. The molecule has 0 aliphatic heterocycles. The molecule has 2 aromatic heterocycles. The van der Waals surface area contributed by atoms with Crippen LogP contribution in [-0.2, 0) is 9.57 Å². The first-order chi connectivity index (χ1) is 15.3. The van der Waals surface area contributed by atoms with E-state index in [1.807, 2.05) is 19.3 Å². The van der Waals surface area contributed by atoms with Crippen molar-refractivity contribution in [3.8, 4) is 0 Å². The van der Waals surface area contributed by atoms with Crippen LogP contribution in [0.5, 0.6) is 0 Å². The molecule has 0 unspecified atom stereocenters. The molecule has 0 radical (unpaired) electrons. The highest BCUT2D eigenvalue weighted by Gasteiger charge is 2.23. The maximum Gasteiger partial charge on any atom is 0.411 e. The lowest BCUT2D eigenvalue weighted by molar-refractivity contribution is 0.0537. The first-order valence-electron chi connectivity index (χ1n) is 9.66. The lowest BCUT2D eigenvalue weighted by Crippen LogP contribution is -2.23. The number of hydroxylamine groups is 1. The topological polar surface area (TPSA) is 119 Å². The number of benzene rings is 1. The number of carbonyl (C=O) groups is 2. The van der Waals surface area contributed by atoms with Gasteiger partial charge in [-0.1, -0.05) is 13.8 Å². The normalized spacial score (nSPS) is 11.0. The number of anilines is 3. The second kappa shape index (κ2) is 9.56. The summed E-state index contributed by atoms with van der Waals surface area (Å²) in [5.41, 5.74) is 2.90. The number of aromatic nitrogens is 3. The average Bonchev–Trinajstić information content (AvgIpc) is 3.08. The van der Waals surface area contributed by atoms with Crippen molar-refractivity contribution in [2.24, 2.45) is 0 Å². The number of hydrogen-bond acceptors (Lipinski definition) is 7. The minimum absolute atomic E-state index is 0.113. The van der Waals surface area contributed by atoms with Crippen LogP contribution < -0.4 is 16.1 Å². The summed E-state index contributed by atoms with van der Waals surface area (Å²) in [5, 5.41) is 9.56. The summed E-state index contributed by atoms with van der Waals surface area (Å²) in [6.07, 6.45) is 2.13. The molecule has 0 aliphatic rings. The van der Waals surface area contributed by atoms with Crippen LogP contribution in [0.15, 0.2) is 24.7 Å². The van der Waals surface area contributed by atoms with Crippen LogP contribution in [0.2, 0.25) is 0 Å². The van der Waals surface area contributed by atoms with Crippen LogP contribution in [0.25, 0.3) is 5.52 Å². The van der Waals surface area contributed by atoms with Gasteiger partial charge in [0.1, 0.15) is 23.5 Å². The largest absolute Gasteiger partial charge is 0.450 e. The van der Waals surface area contributed by atoms with E-state index in [4.69, 9.17) is 4.74 Å². The molecule has 0 atom stereocenters. The van der Waals surface area contributed by atoms with Gasteiger partial charge in [0, 0.05) is 11.6 Å². The average molecular weight is 448 g/mol. The third kappa shape index (κ3) is 4.59. The highest BCUT2D eigenvalue weighted by Crippen LogP contribution is 2.35. The van der Waals surface area contributed by atoms with Crippen molar-refractivity contribution in [3.63, 3.8) is 0 Å². The summed E-state index contributed by atoms with van der Waals surface area (Å²) in [6.45, 7) is 5.65. The first-order valence-corrected chi connectivity index (χ1v) is 9.66. The van der Waals surface area contributed by atoms with Crippen LogP contribution >= 0.6 is 0 Å². The molecule has 10 nitrogen and oxygen atoms in total. The Balaban J connectivity index is 2.14. The highest BCUT2D eigenvalue weighted by molar-refractivity contribution is 6.00. The molecule has 3 aromatic rings. The highest BCUT2D eigenvalue weighted by atomic mass is 19.1. The molecule has 0 fully saturated rings. The summed E-state index contributed by atoms with van der Waals surface area (Å²) in [5.74, 6) is -2.78. The smallest absolute Gasteiger partial charge is 0.411 e. The van der Waals surface area contributed by atoms with Gasteiger partial charge in [-0.15, -0.1) is 0 Å². The van der Waals surface area contributed by atoms with E-state index in [0.29, 0.717) is 22.8 Å². The monoisotopic (exact) mass is 448 g/mol. The molecule has 0 bridgehead atoms. The molecule has 2 heterocycles. The van der Waals surface area contributed by atoms with E-state index in [0.717, 1.165) is 6.07 Å². The zero-order valence-electron chi connectivity index (χ0n) is 17.8. The van der Waals surface area contributed by atoms with Gasteiger partial charge in [-0.3, -0.25) is 14.9 Å². The SMILES string of the molecule is CCOC(=O)Nc1cn2ncnc(Nc3c(F)cc(F)cc3C(=O)NOC)c2c1C(C)C. The lowest BCUT2D eigenvalue weighted by atomic mass is 10.0. The number of rotatable bonds is 7. The Morgan fingerprint density at radius 3 is 2.66 bits per heavy atom. The third-order valence-electron chi connectivity index (χ3n) is 4.44. The van der Waals surface area contributed by atoms with Gasteiger partial charge in [0.25, 0.3) is 5.91 Å². The number of nitrogens with one attached hydrogen (secondary N) is 3. The van der Waals surface area contributed by atoms with Crippen LogP contribution in [0, 0.1) is 11.6 Å². The molecule has 0 saturated heterocycles. The fraction of sp³-hybridized carbons (Fsp3) is 0.300. The maximum atomic E-state index is 14.7. The van der Waals surface area contributed by atoms with Crippen molar-refractivity contribution in [2.45, 2.75) is 26.7 Å². The summed E-state index contributed by atoms with van der Waals surface area (Å²) in [7, 11) is 1.20. The van der Waals surface area contributed by atoms with E-state index in [1.54, 1.807) is 13.1 Å². The molecule has 3 N–H and O–H groups in total. The van der Waals surface area contributed by atoms with Crippen molar-refractivity contribution in [1.82, 2.24) is 20.1 Å². The number of nitrogens with zero attached hydrogens (tertiary/aromatic N) is 3. The van der Waals surface area contributed by atoms with Crippen molar-refractivity contribution in [2.75, 3.05) is 24.4 Å². The molecule has 0 aliphatic carbocycles. The summed E-state index contributed by atoms with van der Waals surface area (Å²) in [6, 6.07) is 1.51. The molecule has 32 heavy (non-hydrogen) atoms. The molecular formula is C20H22F2N6O4. The van der Waals surface area contributed by atoms with E-state index in [1.165, 1.54) is 18.0 Å². The Morgan fingerprint density at radius 1 is 1.25 bits per heavy atom. The Kier molecular flexibility index (Phi) is 6.83. The number of amides is 2. The second-order valence-corrected chi connectivity index (χ2v) is 6.93. The predicted octanol–water partition coefficient (Wildman–Crippen LogP) is 3.73. The molecule has 3 rings (SSSR count). The molecule has 0 saturated carbocycles. The van der Waals surface area contributed by atoms with Crippen LogP contribution in [0.1, 0.15) is 42.6 Å². The fourth-order valence-corrected chi connectivity index (χ4v) is 3.23. The van der Waals surface area contributed by atoms with E-state index in [-0.39, 0.29) is 29.6 Å². The van der Waals surface area contributed by atoms with Gasteiger partial charge < -0.3 is 10.1 Å². The molecular weight excluding hydrogens is 426 g/mol. The standard InChI is InChI=1S/C20H22F2N6O4/c1-5-32-20(30)25-14-8-28-17(15(14)10(2)3)18(23-9-24-28)26-16-12(19(29)27-31-4)6-11(21)7-13(16)22/h6-10H,5H2,1-4H3,(H,25,30)(H,27,29)(H,23,24,26). The fourth-order valence-electron chi connectivity index (χ4n) is 3.23. The minimum atomic E-state index is -1.01. The van der Waals surface area contributed by atoms with Gasteiger partial charge in [0.15, 0.2) is 5.82 Å². The van der Waals surface area contributed by atoms with E-state index in [2.05, 4.69) is 25.6 Å². The van der Waals surface area contributed by atoms with Crippen molar-refractivity contribution < 1.29 is 27.9 Å². The molecule has 12 heteroatoms. The second-order valence-electron chi connectivity index (χ2n) is 6.93.